The molecular weight excluding hydrogens is 781 g/mol. The number of rotatable bonds is 23. The number of benzene rings is 5. The molecule has 1 N–H and O–H groups in total. The average molecular weight is 837 g/mol. The number of methoxy groups -OCH3 is 3. The second kappa shape index (κ2) is 23.1. The molecule has 0 amide bonds. The van der Waals surface area contributed by atoms with Crippen molar-refractivity contribution in [2.24, 2.45) is 0 Å². The van der Waals surface area contributed by atoms with Crippen molar-refractivity contribution in [3.8, 4) is 28.7 Å². The van der Waals surface area contributed by atoms with Crippen LogP contribution in [-0.4, -0.2) is 70.6 Å². The van der Waals surface area contributed by atoms with Crippen LogP contribution in [0.5, 0.6) is 28.7 Å². The fourth-order valence-electron chi connectivity index (χ4n) is 6.47. The number of ether oxygens (including phenoxy) is 9. The molecule has 0 saturated heterocycles. The van der Waals surface area contributed by atoms with Crippen LogP contribution in [0.4, 0.5) is 0 Å². The molecule has 0 radical (unpaired) electrons. The summed E-state index contributed by atoms with van der Waals surface area (Å²) in [5.41, 5.74) is 5.15. The molecule has 5 aromatic rings. The van der Waals surface area contributed by atoms with Gasteiger partial charge in [0.1, 0.15) is 53.1 Å². The summed E-state index contributed by atoms with van der Waals surface area (Å²) in [4.78, 5) is 25.8. The van der Waals surface area contributed by atoms with Crippen molar-refractivity contribution in [2.75, 3.05) is 47.9 Å². The van der Waals surface area contributed by atoms with Crippen LogP contribution in [-0.2, 0) is 62.8 Å². The van der Waals surface area contributed by atoms with Crippen molar-refractivity contribution in [3.05, 3.63) is 148 Å². The normalized spacial score (nSPS) is 11.1. The Balaban J connectivity index is 1.52. The van der Waals surface area contributed by atoms with Gasteiger partial charge in [0.05, 0.1) is 34.0 Å². The first-order chi connectivity index (χ1) is 29.5. The van der Waals surface area contributed by atoms with Crippen molar-refractivity contribution in [3.63, 3.8) is 0 Å². The maximum atomic E-state index is 13.0. The van der Waals surface area contributed by atoms with Gasteiger partial charge in [0.15, 0.2) is 13.4 Å². The molecule has 12 heteroatoms. The number of carbonyl (C=O) groups excluding carboxylic acids is 2. The molecule has 0 aliphatic rings. The van der Waals surface area contributed by atoms with Crippen LogP contribution in [0.15, 0.2) is 103 Å². The van der Waals surface area contributed by atoms with Crippen molar-refractivity contribution < 1.29 is 57.3 Å². The van der Waals surface area contributed by atoms with Gasteiger partial charge in [-0.25, -0.2) is 9.59 Å². The molecule has 0 aromatic heterocycles. The molecule has 0 heterocycles. The number of carbonyl (C=O) groups is 2. The van der Waals surface area contributed by atoms with Crippen molar-refractivity contribution in [1.29, 1.82) is 0 Å². The van der Waals surface area contributed by atoms with Crippen LogP contribution in [0.3, 0.4) is 0 Å². The van der Waals surface area contributed by atoms with Crippen molar-refractivity contribution in [1.82, 2.24) is 0 Å². The lowest BCUT2D eigenvalue weighted by molar-refractivity contribution is -0.157. The van der Waals surface area contributed by atoms with Crippen LogP contribution >= 0.6 is 0 Å². The minimum Gasteiger partial charge on any atom is -0.496 e. The molecule has 5 rings (SSSR count). The lowest BCUT2D eigenvalue weighted by Gasteiger charge is -2.22. The van der Waals surface area contributed by atoms with Crippen LogP contribution in [0.2, 0.25) is 0 Å². The summed E-state index contributed by atoms with van der Waals surface area (Å²) in [7, 11) is 4.46. The van der Waals surface area contributed by atoms with Crippen LogP contribution in [0.25, 0.3) is 0 Å². The van der Waals surface area contributed by atoms with Crippen LogP contribution < -0.4 is 23.7 Å². The largest absolute Gasteiger partial charge is 0.496 e. The molecule has 0 aliphatic carbocycles. The Morgan fingerprint density at radius 2 is 1.28 bits per heavy atom. The maximum absolute atomic E-state index is 13.0. The summed E-state index contributed by atoms with van der Waals surface area (Å²) in [6.45, 7) is 6.08. The molecule has 0 unspecified atom stereocenters. The van der Waals surface area contributed by atoms with E-state index in [-0.39, 0.29) is 32.2 Å². The number of hydrogen-bond donors (Lipinski definition) is 1. The quantitative estimate of drug-likeness (QED) is 0.0386. The molecular formula is C49H56O12. The number of aliphatic hydroxyl groups is 1. The summed E-state index contributed by atoms with van der Waals surface area (Å²) >= 11 is 0. The second-order valence-electron chi connectivity index (χ2n) is 15.1. The Morgan fingerprint density at radius 1 is 0.623 bits per heavy atom. The first-order valence-electron chi connectivity index (χ1n) is 20.1. The molecule has 0 fully saturated rings. The Hall–Kier alpha value is -6.08. The fraction of sp³-hybridized carbons (Fsp3) is 0.347. The Bertz CT molecular complexity index is 2160. The van der Waals surface area contributed by atoms with Crippen LogP contribution in [0, 0.1) is 0 Å². The summed E-state index contributed by atoms with van der Waals surface area (Å²) in [5, 5.41) is 10.4. The second-order valence-corrected chi connectivity index (χ2v) is 15.1. The van der Waals surface area contributed by atoms with E-state index in [1.165, 1.54) is 7.11 Å². The molecule has 5 aromatic carbocycles. The lowest BCUT2D eigenvalue weighted by atomic mass is 9.96. The smallest absolute Gasteiger partial charge is 0.344 e. The first kappa shape index (κ1) is 46.0. The van der Waals surface area contributed by atoms with Gasteiger partial charge in [0.2, 0.25) is 0 Å². The highest BCUT2D eigenvalue weighted by Crippen LogP contribution is 2.37. The van der Waals surface area contributed by atoms with Gasteiger partial charge in [-0.3, -0.25) is 0 Å². The topological polar surface area (TPSA) is 137 Å². The van der Waals surface area contributed by atoms with Gasteiger partial charge < -0.3 is 47.7 Å². The SMILES string of the molecule is COCCOCOc1ccc(CCc2cc(OCc3ccccc3)c(Cc3cc(OCc4ccccc4)cc(CO)c3OC)cc2OCC(=O)OC(C)(C)C)cc1C(=O)OC. The van der Waals surface area contributed by atoms with Gasteiger partial charge >= 0.3 is 11.9 Å². The van der Waals surface area contributed by atoms with E-state index in [0.717, 1.165) is 33.4 Å². The minimum absolute atomic E-state index is 0.0681. The van der Waals surface area contributed by atoms with E-state index in [4.69, 9.17) is 42.6 Å². The standard InChI is InChI=1S/C49H56O12/c1-49(2,3)61-46(51)32-59-44-28-38(24-39-25-41(26-40(29-50)47(39)54-5)57-30-35-13-9-7-10-14-35)45(58-31-36-15-11-8-12-16-36)27-37(44)19-17-34-18-20-43(42(23-34)48(52)55-6)60-33-56-22-21-53-4/h7-16,18,20,23,25-28,50H,17,19,21-22,24,29-33H2,1-6H3. The predicted molar refractivity (Wildman–Crippen MR) is 230 cm³/mol. The van der Waals surface area contributed by atoms with Gasteiger partial charge in [-0.15, -0.1) is 0 Å². The van der Waals surface area contributed by atoms with E-state index in [2.05, 4.69) is 0 Å². The Morgan fingerprint density at radius 3 is 1.92 bits per heavy atom. The summed E-state index contributed by atoms with van der Waals surface area (Å²) < 4.78 is 51.8. The zero-order chi connectivity index (χ0) is 43.6. The number of hydrogen-bond acceptors (Lipinski definition) is 12. The zero-order valence-electron chi connectivity index (χ0n) is 35.8. The van der Waals surface area contributed by atoms with Gasteiger partial charge in [-0.1, -0.05) is 66.7 Å². The highest BCUT2D eigenvalue weighted by molar-refractivity contribution is 5.92. The van der Waals surface area contributed by atoms with E-state index >= 15 is 0 Å². The summed E-state index contributed by atoms with van der Waals surface area (Å²) in [5.74, 6) is 1.36. The average Bonchev–Trinajstić information content (AvgIpc) is 3.26. The molecule has 0 saturated carbocycles. The maximum Gasteiger partial charge on any atom is 0.344 e. The number of aryl methyl sites for hydroxylation is 2. The molecule has 0 aliphatic heterocycles. The Kier molecular flexibility index (Phi) is 17.4. The molecule has 324 valence electrons. The fourth-order valence-corrected chi connectivity index (χ4v) is 6.47. The monoisotopic (exact) mass is 836 g/mol. The van der Waals surface area contributed by atoms with E-state index in [1.807, 2.05) is 84.9 Å². The van der Waals surface area contributed by atoms with Gasteiger partial charge in [0.25, 0.3) is 0 Å². The van der Waals surface area contributed by atoms with Gasteiger partial charge in [-0.2, -0.15) is 0 Å². The van der Waals surface area contributed by atoms with Crippen molar-refractivity contribution >= 4 is 11.9 Å². The zero-order valence-corrected chi connectivity index (χ0v) is 35.8. The first-order valence-corrected chi connectivity index (χ1v) is 20.1. The summed E-state index contributed by atoms with van der Waals surface area (Å²) in [6, 6.07) is 32.4. The van der Waals surface area contributed by atoms with Crippen molar-refractivity contribution in [2.45, 2.75) is 65.5 Å². The van der Waals surface area contributed by atoms with Crippen LogP contribution in [0.1, 0.15) is 70.1 Å². The highest BCUT2D eigenvalue weighted by atomic mass is 16.7. The van der Waals surface area contributed by atoms with E-state index in [1.54, 1.807) is 53.2 Å². The predicted octanol–water partition coefficient (Wildman–Crippen LogP) is 8.23. The summed E-state index contributed by atoms with van der Waals surface area (Å²) in [6.07, 6.45) is 1.21. The number of aliphatic hydroxyl groups excluding tert-OH is 1. The Labute approximate surface area is 358 Å². The molecule has 0 spiro atoms. The van der Waals surface area contributed by atoms with Gasteiger partial charge in [-0.05, 0) is 92.3 Å². The third-order valence-corrected chi connectivity index (χ3v) is 9.33. The third-order valence-electron chi connectivity index (χ3n) is 9.33. The van der Waals surface area contributed by atoms with E-state index < -0.39 is 17.5 Å². The minimum atomic E-state index is -0.707. The molecule has 0 bridgehead atoms. The molecule has 0 atom stereocenters. The highest BCUT2D eigenvalue weighted by Gasteiger charge is 2.22. The molecule has 12 nitrogen and oxygen atoms in total. The third kappa shape index (κ3) is 14.3. The molecule has 61 heavy (non-hydrogen) atoms. The van der Waals surface area contributed by atoms with Gasteiger partial charge in [0, 0.05) is 30.2 Å². The van der Waals surface area contributed by atoms with E-state index in [9.17, 15) is 14.7 Å². The number of esters is 2. The lowest BCUT2D eigenvalue weighted by Crippen LogP contribution is -2.27. The van der Waals surface area contributed by atoms with E-state index in [0.29, 0.717) is 73.4 Å².